The van der Waals surface area contributed by atoms with Crippen LogP contribution in [0, 0.1) is 5.82 Å². The topological polar surface area (TPSA) is 64.4 Å². The third kappa shape index (κ3) is 6.42. The van der Waals surface area contributed by atoms with E-state index < -0.39 is 0 Å². The molecule has 3 aromatic rings. The molecule has 7 heteroatoms. The Morgan fingerprint density at radius 2 is 1.97 bits per heavy atom. The smallest absolute Gasteiger partial charge is 0.224 e. The summed E-state index contributed by atoms with van der Waals surface area (Å²) in [7, 11) is 0. The van der Waals surface area contributed by atoms with Gasteiger partial charge in [-0.3, -0.25) is 4.79 Å². The first kappa shape index (κ1) is 21.6. The highest BCUT2D eigenvalue weighted by atomic mass is 32.2. The molecule has 2 aromatic carbocycles. The molecule has 0 saturated carbocycles. The second-order valence-corrected chi connectivity index (χ2v) is 8.79. The van der Waals surface area contributed by atoms with Crippen LogP contribution in [-0.4, -0.2) is 29.4 Å². The van der Waals surface area contributed by atoms with Gasteiger partial charge < -0.3 is 14.5 Å². The minimum Gasteiger partial charge on any atom is -0.441 e. The van der Waals surface area contributed by atoms with Crippen LogP contribution in [0.2, 0.25) is 0 Å². The van der Waals surface area contributed by atoms with Crippen molar-refractivity contribution >= 4 is 23.4 Å². The molecule has 1 amide bonds. The summed E-state index contributed by atoms with van der Waals surface area (Å²) < 4.78 is 24.2. The van der Waals surface area contributed by atoms with Crippen LogP contribution in [0.25, 0.3) is 11.3 Å². The van der Waals surface area contributed by atoms with Crippen molar-refractivity contribution in [3.05, 3.63) is 72.0 Å². The van der Waals surface area contributed by atoms with Gasteiger partial charge in [0.05, 0.1) is 6.20 Å². The summed E-state index contributed by atoms with van der Waals surface area (Å²) in [5.74, 6) is 1.58. The Labute approximate surface area is 185 Å². The highest BCUT2D eigenvalue weighted by molar-refractivity contribution is 7.99. The zero-order valence-corrected chi connectivity index (χ0v) is 18.0. The number of nitrogens with zero attached hydrogens (tertiary/aromatic N) is 1. The SMILES string of the molecule is O=C(CCc1ncc(-c2ccc(F)cc2)o1)Nc1cccc(CSC2CCOCC2)c1. The zero-order valence-electron chi connectivity index (χ0n) is 17.2. The predicted octanol–water partition coefficient (Wildman–Crippen LogP) is 5.46. The third-order valence-corrected chi connectivity index (χ3v) is 6.56. The van der Waals surface area contributed by atoms with E-state index >= 15 is 0 Å². The number of rotatable bonds is 8. The van der Waals surface area contributed by atoms with Gasteiger partial charge in [0, 0.05) is 48.3 Å². The van der Waals surface area contributed by atoms with E-state index in [1.165, 1.54) is 17.7 Å². The second kappa shape index (κ2) is 10.6. The summed E-state index contributed by atoms with van der Waals surface area (Å²) in [6.07, 6.45) is 4.46. The molecule has 0 atom stereocenters. The van der Waals surface area contributed by atoms with Gasteiger partial charge in [0.15, 0.2) is 11.7 Å². The van der Waals surface area contributed by atoms with Gasteiger partial charge >= 0.3 is 0 Å². The van der Waals surface area contributed by atoms with Crippen molar-refractivity contribution in [2.75, 3.05) is 18.5 Å². The number of carbonyl (C=O) groups excluding carboxylic acids is 1. The minimum absolute atomic E-state index is 0.0873. The summed E-state index contributed by atoms with van der Waals surface area (Å²) >= 11 is 1.95. The van der Waals surface area contributed by atoms with E-state index in [4.69, 9.17) is 9.15 Å². The lowest BCUT2D eigenvalue weighted by molar-refractivity contribution is -0.116. The van der Waals surface area contributed by atoms with Crippen molar-refractivity contribution in [2.24, 2.45) is 0 Å². The normalized spacial score (nSPS) is 14.5. The Morgan fingerprint density at radius 1 is 1.16 bits per heavy atom. The van der Waals surface area contributed by atoms with Gasteiger partial charge in [-0.25, -0.2) is 9.37 Å². The average molecular weight is 441 g/mol. The molecule has 1 aliphatic heterocycles. The lowest BCUT2D eigenvalue weighted by Crippen LogP contribution is -2.17. The number of aryl methyl sites for hydroxylation is 1. The van der Waals surface area contributed by atoms with E-state index in [9.17, 15) is 9.18 Å². The second-order valence-electron chi connectivity index (χ2n) is 7.50. The van der Waals surface area contributed by atoms with Crippen molar-refractivity contribution in [1.29, 1.82) is 0 Å². The van der Waals surface area contributed by atoms with Crippen molar-refractivity contribution in [2.45, 2.75) is 36.7 Å². The number of benzene rings is 2. The molecule has 1 aromatic heterocycles. The fraction of sp³-hybridized carbons (Fsp3) is 0.333. The molecule has 31 heavy (non-hydrogen) atoms. The number of oxazole rings is 1. The average Bonchev–Trinajstić information content (AvgIpc) is 3.27. The first-order chi connectivity index (χ1) is 15.2. The number of thioether (sulfide) groups is 1. The lowest BCUT2D eigenvalue weighted by atomic mass is 10.2. The maximum atomic E-state index is 13.1. The van der Waals surface area contributed by atoms with Gasteiger partial charge in [-0.05, 0) is 54.8 Å². The molecule has 0 aliphatic carbocycles. The molecule has 0 radical (unpaired) electrons. The molecule has 1 saturated heterocycles. The summed E-state index contributed by atoms with van der Waals surface area (Å²) in [5, 5.41) is 3.60. The van der Waals surface area contributed by atoms with Gasteiger partial charge in [-0.2, -0.15) is 11.8 Å². The van der Waals surface area contributed by atoms with Crippen molar-refractivity contribution < 1.29 is 18.3 Å². The molecule has 162 valence electrons. The summed E-state index contributed by atoms with van der Waals surface area (Å²) in [4.78, 5) is 16.6. The molecule has 1 aliphatic rings. The maximum Gasteiger partial charge on any atom is 0.224 e. The standard InChI is InChI=1S/C24H25FN2O3S/c25-19-6-4-18(5-7-19)22-15-26-24(30-22)9-8-23(28)27-20-3-1-2-17(14-20)16-31-21-10-12-29-13-11-21/h1-7,14-15,21H,8-13,16H2,(H,27,28). The Morgan fingerprint density at radius 3 is 2.77 bits per heavy atom. The molecule has 4 rings (SSSR count). The van der Waals surface area contributed by atoms with Crippen LogP contribution in [-0.2, 0) is 21.7 Å². The van der Waals surface area contributed by atoms with Crippen molar-refractivity contribution in [3.63, 3.8) is 0 Å². The molecule has 0 bridgehead atoms. The van der Waals surface area contributed by atoms with Crippen LogP contribution >= 0.6 is 11.8 Å². The van der Waals surface area contributed by atoms with Crippen LogP contribution in [0.5, 0.6) is 0 Å². The van der Waals surface area contributed by atoms with E-state index in [1.54, 1.807) is 18.3 Å². The van der Waals surface area contributed by atoms with Gasteiger partial charge in [0.1, 0.15) is 5.82 Å². The molecule has 2 heterocycles. The number of ether oxygens (including phenoxy) is 1. The molecular weight excluding hydrogens is 415 g/mol. The monoisotopic (exact) mass is 440 g/mol. The molecule has 0 spiro atoms. The van der Waals surface area contributed by atoms with Gasteiger partial charge in [-0.15, -0.1) is 0 Å². The van der Waals surface area contributed by atoms with E-state index in [0.717, 1.165) is 43.1 Å². The van der Waals surface area contributed by atoms with Crippen LogP contribution in [0.4, 0.5) is 10.1 Å². The Kier molecular flexibility index (Phi) is 7.38. The molecular formula is C24H25FN2O3S. The van der Waals surface area contributed by atoms with E-state index in [1.807, 2.05) is 30.0 Å². The summed E-state index contributed by atoms with van der Waals surface area (Å²) in [6, 6.07) is 14.0. The number of hydrogen-bond donors (Lipinski definition) is 1. The highest BCUT2D eigenvalue weighted by Gasteiger charge is 2.14. The van der Waals surface area contributed by atoms with Gasteiger partial charge in [0.25, 0.3) is 0 Å². The number of aromatic nitrogens is 1. The molecule has 5 nitrogen and oxygen atoms in total. The number of anilines is 1. The lowest BCUT2D eigenvalue weighted by Gasteiger charge is -2.21. The fourth-order valence-corrected chi connectivity index (χ4v) is 4.55. The Bertz CT molecular complexity index is 1000. The highest BCUT2D eigenvalue weighted by Crippen LogP contribution is 2.26. The third-order valence-electron chi connectivity index (χ3n) is 5.11. The molecule has 1 fully saturated rings. The van der Waals surface area contributed by atoms with Crippen LogP contribution in [0.3, 0.4) is 0 Å². The molecule has 1 N–H and O–H groups in total. The summed E-state index contributed by atoms with van der Waals surface area (Å²) in [6.45, 7) is 1.70. The van der Waals surface area contributed by atoms with Gasteiger partial charge in [-0.1, -0.05) is 12.1 Å². The number of nitrogens with one attached hydrogen (secondary N) is 1. The fourth-order valence-electron chi connectivity index (χ4n) is 3.41. The number of halogens is 1. The summed E-state index contributed by atoms with van der Waals surface area (Å²) in [5.41, 5.74) is 2.75. The number of hydrogen-bond acceptors (Lipinski definition) is 5. The Balaban J connectivity index is 1.25. The maximum absolute atomic E-state index is 13.1. The quantitative estimate of drug-likeness (QED) is 0.504. The first-order valence-electron chi connectivity index (χ1n) is 10.4. The minimum atomic E-state index is -0.300. The van der Waals surface area contributed by atoms with E-state index in [0.29, 0.717) is 23.3 Å². The molecule has 0 unspecified atom stereocenters. The predicted molar refractivity (Wildman–Crippen MR) is 120 cm³/mol. The zero-order chi connectivity index (χ0) is 21.5. The van der Waals surface area contributed by atoms with Crippen LogP contribution in [0.15, 0.2) is 59.1 Å². The van der Waals surface area contributed by atoms with Crippen LogP contribution < -0.4 is 5.32 Å². The number of carbonyl (C=O) groups is 1. The largest absolute Gasteiger partial charge is 0.441 e. The van der Waals surface area contributed by atoms with E-state index in [-0.39, 0.29) is 18.1 Å². The number of amides is 1. The van der Waals surface area contributed by atoms with Crippen molar-refractivity contribution in [1.82, 2.24) is 4.98 Å². The van der Waals surface area contributed by atoms with E-state index in [2.05, 4.69) is 16.4 Å². The van der Waals surface area contributed by atoms with Crippen LogP contribution in [0.1, 0.15) is 30.7 Å². The van der Waals surface area contributed by atoms with Gasteiger partial charge in [0.2, 0.25) is 5.91 Å². The van der Waals surface area contributed by atoms with Crippen molar-refractivity contribution in [3.8, 4) is 11.3 Å². The Hall–Kier alpha value is -2.64. The first-order valence-corrected chi connectivity index (χ1v) is 11.5.